The van der Waals surface area contributed by atoms with Crippen molar-refractivity contribution in [2.24, 2.45) is 7.05 Å². The number of hydrogen-bond donors (Lipinski definition) is 1. The average Bonchev–Trinajstić information content (AvgIpc) is 2.65. The summed E-state index contributed by atoms with van der Waals surface area (Å²) in [6.45, 7) is 0. The summed E-state index contributed by atoms with van der Waals surface area (Å²) in [4.78, 5) is 24.3. The van der Waals surface area contributed by atoms with Crippen LogP contribution in [0.5, 0.6) is 0 Å². The highest BCUT2D eigenvalue weighted by atomic mass is 16.3. The molecule has 0 spiro atoms. The molecule has 5 rings (SSSR count). The van der Waals surface area contributed by atoms with Crippen LogP contribution in [0.3, 0.4) is 0 Å². The number of aliphatic hydroxyl groups is 1. The number of rotatable bonds is 0. The van der Waals surface area contributed by atoms with E-state index in [9.17, 15) is 14.7 Å². The van der Waals surface area contributed by atoms with Gasteiger partial charge in [-0.2, -0.15) is 0 Å². The van der Waals surface area contributed by atoms with Crippen molar-refractivity contribution in [3.05, 3.63) is 56.4 Å². The molecule has 1 aromatic carbocycles. The first kappa shape index (κ1) is 10.8. The summed E-state index contributed by atoms with van der Waals surface area (Å²) < 4.78 is 4.00. The monoisotopic (exact) mass is 259 g/mol. The third-order valence-corrected chi connectivity index (χ3v) is 4.26. The van der Waals surface area contributed by atoms with Crippen molar-refractivity contribution in [1.29, 1.82) is 0 Å². The summed E-state index contributed by atoms with van der Waals surface area (Å²) in [5.41, 5.74) is 1.29. The predicted octanol–water partition coefficient (Wildman–Crippen LogP) is -0.395. The molecular formula is C13H13N3O3. The van der Waals surface area contributed by atoms with E-state index in [0.717, 1.165) is 15.7 Å². The second-order valence-electron chi connectivity index (χ2n) is 5.21. The van der Waals surface area contributed by atoms with Gasteiger partial charge in [-0.05, 0) is 11.1 Å². The van der Waals surface area contributed by atoms with E-state index in [1.807, 2.05) is 24.3 Å². The highest BCUT2D eigenvalue weighted by molar-refractivity contribution is 5.39. The molecule has 3 heterocycles. The normalized spacial score (nSPS) is 27.2. The molecular weight excluding hydrogens is 246 g/mol. The van der Waals surface area contributed by atoms with Crippen LogP contribution in [0.15, 0.2) is 33.9 Å². The Kier molecular flexibility index (Phi) is 1.86. The molecule has 6 nitrogen and oxygen atoms in total. The van der Waals surface area contributed by atoms with Gasteiger partial charge in [0.2, 0.25) is 0 Å². The molecule has 0 saturated heterocycles. The Bertz CT molecular complexity index is 798. The molecule has 1 aliphatic carbocycles. The zero-order valence-corrected chi connectivity index (χ0v) is 10.4. The molecule has 2 aromatic rings. The Morgan fingerprint density at radius 3 is 2.47 bits per heavy atom. The van der Waals surface area contributed by atoms with Crippen molar-refractivity contribution < 1.29 is 5.11 Å². The summed E-state index contributed by atoms with van der Waals surface area (Å²) >= 11 is 0. The van der Waals surface area contributed by atoms with Crippen LogP contribution in [0, 0.1) is 0 Å². The van der Waals surface area contributed by atoms with E-state index in [2.05, 4.69) is 0 Å². The second-order valence-corrected chi connectivity index (χ2v) is 5.21. The number of fused-ring (bicyclic) bond motifs is 1. The fourth-order valence-electron chi connectivity index (χ4n) is 3.41. The average molecular weight is 259 g/mol. The van der Waals surface area contributed by atoms with E-state index in [1.165, 1.54) is 16.4 Å². The fourth-order valence-corrected chi connectivity index (χ4v) is 3.41. The fraction of sp³-hybridized carbons (Fsp3) is 0.385. The van der Waals surface area contributed by atoms with Gasteiger partial charge in [-0.1, -0.05) is 24.3 Å². The second kappa shape index (κ2) is 3.27. The maximum Gasteiger partial charge on any atom is 0.347 e. The van der Waals surface area contributed by atoms with Crippen molar-refractivity contribution in [3.8, 4) is 0 Å². The molecule has 1 aromatic heterocycles. The molecule has 3 unspecified atom stereocenters. The molecule has 3 atom stereocenters. The Morgan fingerprint density at radius 1 is 1.11 bits per heavy atom. The van der Waals surface area contributed by atoms with Crippen LogP contribution in [0.4, 0.5) is 0 Å². The Morgan fingerprint density at radius 2 is 1.74 bits per heavy atom. The van der Waals surface area contributed by atoms with Gasteiger partial charge >= 0.3 is 11.4 Å². The van der Waals surface area contributed by atoms with E-state index >= 15 is 0 Å². The molecule has 2 bridgehead atoms. The molecule has 0 amide bonds. The molecule has 3 aliphatic rings. The molecule has 2 aliphatic heterocycles. The SMILES string of the molecule is Cn1c(=O)n2n(c1=O)C1c3ccccc3C2CC1O. The third-order valence-electron chi connectivity index (χ3n) is 4.26. The van der Waals surface area contributed by atoms with Crippen molar-refractivity contribution in [2.45, 2.75) is 24.6 Å². The van der Waals surface area contributed by atoms with Crippen molar-refractivity contribution in [2.75, 3.05) is 0 Å². The highest BCUT2D eigenvalue weighted by Gasteiger charge is 2.45. The summed E-state index contributed by atoms with van der Waals surface area (Å²) in [6.07, 6.45) is -0.148. The van der Waals surface area contributed by atoms with Crippen molar-refractivity contribution >= 4 is 0 Å². The Hall–Kier alpha value is -2.08. The number of aliphatic hydroxyl groups excluding tert-OH is 1. The van der Waals surface area contributed by atoms with Gasteiger partial charge in [-0.15, -0.1) is 0 Å². The number of benzene rings is 1. The highest BCUT2D eigenvalue weighted by Crippen LogP contribution is 2.43. The van der Waals surface area contributed by atoms with Crippen molar-refractivity contribution in [1.82, 2.24) is 13.9 Å². The molecule has 0 saturated carbocycles. The van der Waals surface area contributed by atoms with Crippen LogP contribution in [0.2, 0.25) is 0 Å². The van der Waals surface area contributed by atoms with Gasteiger partial charge in [-0.3, -0.25) is 0 Å². The van der Waals surface area contributed by atoms with Crippen LogP contribution >= 0.6 is 0 Å². The van der Waals surface area contributed by atoms with Gasteiger partial charge in [0.05, 0.1) is 12.1 Å². The van der Waals surface area contributed by atoms with Gasteiger partial charge in [0, 0.05) is 13.5 Å². The lowest BCUT2D eigenvalue weighted by molar-refractivity contribution is 0.0459. The first-order chi connectivity index (χ1) is 9.11. The maximum atomic E-state index is 12.2. The molecule has 6 heteroatoms. The van der Waals surface area contributed by atoms with Crippen LogP contribution in [0.25, 0.3) is 0 Å². The molecule has 98 valence electrons. The van der Waals surface area contributed by atoms with Crippen LogP contribution in [-0.2, 0) is 7.05 Å². The lowest BCUT2D eigenvalue weighted by Gasteiger charge is -2.42. The van der Waals surface area contributed by atoms with E-state index in [0.29, 0.717) is 6.42 Å². The predicted molar refractivity (Wildman–Crippen MR) is 67.3 cm³/mol. The smallest absolute Gasteiger partial charge is 0.347 e. The lowest BCUT2D eigenvalue weighted by atomic mass is 9.80. The minimum Gasteiger partial charge on any atom is -0.390 e. The van der Waals surface area contributed by atoms with Crippen LogP contribution in [0.1, 0.15) is 29.6 Å². The van der Waals surface area contributed by atoms with Gasteiger partial charge in [0.25, 0.3) is 0 Å². The number of hydrogen-bond acceptors (Lipinski definition) is 3. The molecule has 0 radical (unpaired) electrons. The van der Waals surface area contributed by atoms with Gasteiger partial charge < -0.3 is 5.11 Å². The Labute approximate surface area is 108 Å². The first-order valence-electron chi connectivity index (χ1n) is 6.28. The van der Waals surface area contributed by atoms with E-state index in [-0.39, 0.29) is 17.4 Å². The topological polar surface area (TPSA) is 69.2 Å². The Balaban J connectivity index is 2.15. The number of nitrogens with zero attached hydrogens (tertiary/aromatic N) is 3. The van der Waals surface area contributed by atoms with E-state index in [1.54, 1.807) is 0 Å². The summed E-state index contributed by atoms with van der Waals surface area (Å²) in [6, 6.07) is 6.99. The van der Waals surface area contributed by atoms with Gasteiger partial charge in [0.1, 0.15) is 6.04 Å². The number of aromatic nitrogens is 3. The maximum absolute atomic E-state index is 12.2. The molecule has 19 heavy (non-hydrogen) atoms. The van der Waals surface area contributed by atoms with Gasteiger partial charge in [0.15, 0.2) is 0 Å². The minimum absolute atomic E-state index is 0.252. The van der Waals surface area contributed by atoms with Crippen LogP contribution in [-0.4, -0.2) is 25.1 Å². The summed E-state index contributed by atoms with van der Waals surface area (Å²) in [5, 5.41) is 10.2. The standard InChI is InChI=1S/C13H13N3O3/c1-14-12(18)15-9-6-10(17)11(16(15)13(14)19)8-5-3-2-4-7(8)9/h2-5,9-11,17H,6H2,1H3. The summed E-state index contributed by atoms with van der Waals surface area (Å²) in [5.74, 6) is 0. The van der Waals surface area contributed by atoms with E-state index in [4.69, 9.17) is 0 Å². The molecule has 0 fully saturated rings. The summed E-state index contributed by atoms with van der Waals surface area (Å²) in [7, 11) is 1.47. The minimum atomic E-state index is -0.626. The first-order valence-corrected chi connectivity index (χ1v) is 6.28. The van der Waals surface area contributed by atoms with Crippen molar-refractivity contribution in [3.63, 3.8) is 0 Å². The largest absolute Gasteiger partial charge is 0.390 e. The zero-order chi connectivity index (χ0) is 13.3. The zero-order valence-electron chi connectivity index (χ0n) is 10.4. The van der Waals surface area contributed by atoms with Gasteiger partial charge in [-0.25, -0.2) is 23.5 Å². The van der Waals surface area contributed by atoms with E-state index < -0.39 is 12.1 Å². The van der Waals surface area contributed by atoms with Crippen LogP contribution < -0.4 is 11.4 Å². The molecule has 1 N–H and O–H groups in total. The lowest BCUT2D eigenvalue weighted by Crippen LogP contribution is -2.49. The third kappa shape index (κ3) is 1.10. The quantitative estimate of drug-likeness (QED) is 0.700.